The first-order chi connectivity index (χ1) is 10.8. The first-order valence-electron chi connectivity index (χ1n) is 7.60. The largest absolute Gasteiger partial charge is 0.496 e. The van der Waals surface area contributed by atoms with E-state index in [1.54, 1.807) is 7.11 Å². The maximum Gasteiger partial charge on any atom is 0.124 e. The fourth-order valence-corrected chi connectivity index (χ4v) is 3.01. The van der Waals surface area contributed by atoms with Gasteiger partial charge < -0.3 is 10.1 Å². The second-order valence-corrected chi connectivity index (χ2v) is 5.43. The molecule has 0 spiro atoms. The van der Waals surface area contributed by atoms with E-state index in [-0.39, 0.29) is 6.04 Å². The van der Waals surface area contributed by atoms with Gasteiger partial charge in [0, 0.05) is 11.6 Å². The maximum atomic E-state index is 5.63. The second kappa shape index (κ2) is 6.63. The number of methoxy groups -OCH3 is 1. The highest BCUT2D eigenvalue weighted by atomic mass is 16.5. The molecule has 0 aromatic heterocycles. The molecule has 0 aliphatic rings. The van der Waals surface area contributed by atoms with Crippen molar-refractivity contribution < 1.29 is 4.74 Å². The number of fused-ring (bicyclic) bond motifs is 1. The molecule has 1 atom stereocenters. The zero-order valence-corrected chi connectivity index (χ0v) is 13.0. The molecular weight excluding hydrogens is 270 g/mol. The molecule has 3 aromatic rings. The van der Waals surface area contributed by atoms with Gasteiger partial charge in [-0.15, -0.1) is 0 Å². The lowest BCUT2D eigenvalue weighted by atomic mass is 9.93. The van der Waals surface area contributed by atoms with E-state index >= 15 is 0 Å². The van der Waals surface area contributed by atoms with Crippen LogP contribution in [0.25, 0.3) is 10.8 Å². The molecule has 112 valence electrons. The number of rotatable bonds is 5. The van der Waals surface area contributed by atoms with Gasteiger partial charge in [-0.25, -0.2) is 0 Å². The first-order valence-corrected chi connectivity index (χ1v) is 7.60. The van der Waals surface area contributed by atoms with Crippen LogP contribution in [-0.4, -0.2) is 14.2 Å². The van der Waals surface area contributed by atoms with Crippen LogP contribution in [0.3, 0.4) is 0 Å². The third-order valence-electron chi connectivity index (χ3n) is 4.13. The normalized spacial score (nSPS) is 12.3. The minimum Gasteiger partial charge on any atom is -0.496 e. The van der Waals surface area contributed by atoms with Crippen molar-refractivity contribution in [2.45, 2.75) is 12.5 Å². The van der Waals surface area contributed by atoms with Crippen molar-refractivity contribution in [1.82, 2.24) is 5.32 Å². The van der Waals surface area contributed by atoms with Crippen molar-refractivity contribution in [3.05, 3.63) is 77.9 Å². The summed E-state index contributed by atoms with van der Waals surface area (Å²) in [7, 11) is 3.75. The van der Waals surface area contributed by atoms with Crippen molar-refractivity contribution >= 4 is 10.8 Å². The average molecular weight is 291 g/mol. The van der Waals surface area contributed by atoms with E-state index in [0.717, 1.165) is 12.2 Å². The van der Waals surface area contributed by atoms with Crippen molar-refractivity contribution in [3.63, 3.8) is 0 Å². The van der Waals surface area contributed by atoms with Gasteiger partial charge in [0.2, 0.25) is 0 Å². The Morgan fingerprint density at radius 2 is 1.64 bits per heavy atom. The Morgan fingerprint density at radius 1 is 0.909 bits per heavy atom. The van der Waals surface area contributed by atoms with E-state index < -0.39 is 0 Å². The zero-order valence-electron chi connectivity index (χ0n) is 13.0. The van der Waals surface area contributed by atoms with Gasteiger partial charge in [-0.05, 0) is 35.9 Å². The van der Waals surface area contributed by atoms with Crippen molar-refractivity contribution in [2.75, 3.05) is 14.2 Å². The quantitative estimate of drug-likeness (QED) is 0.754. The molecule has 2 nitrogen and oxygen atoms in total. The van der Waals surface area contributed by atoms with E-state index in [2.05, 4.69) is 72.0 Å². The summed E-state index contributed by atoms with van der Waals surface area (Å²) in [4.78, 5) is 0. The molecule has 0 aliphatic heterocycles. The van der Waals surface area contributed by atoms with Gasteiger partial charge in [0.15, 0.2) is 0 Å². The highest BCUT2D eigenvalue weighted by Gasteiger charge is 2.18. The number of nitrogens with one attached hydrogen (secondary N) is 1. The van der Waals surface area contributed by atoms with Crippen LogP contribution in [0.15, 0.2) is 66.7 Å². The predicted octanol–water partition coefficient (Wildman–Crippen LogP) is 4.35. The Kier molecular flexibility index (Phi) is 4.40. The highest BCUT2D eigenvalue weighted by Crippen LogP contribution is 2.34. The lowest BCUT2D eigenvalue weighted by molar-refractivity contribution is 0.402. The molecular formula is C20H21NO. The molecule has 3 rings (SSSR count). The molecule has 0 saturated heterocycles. The third-order valence-corrected chi connectivity index (χ3v) is 4.13. The van der Waals surface area contributed by atoms with Gasteiger partial charge in [-0.3, -0.25) is 0 Å². The summed E-state index contributed by atoms with van der Waals surface area (Å²) in [6.45, 7) is 0. The summed E-state index contributed by atoms with van der Waals surface area (Å²) in [5.41, 5.74) is 2.55. The summed E-state index contributed by atoms with van der Waals surface area (Å²) in [5.74, 6) is 0.939. The van der Waals surface area contributed by atoms with Crippen molar-refractivity contribution in [1.29, 1.82) is 0 Å². The molecule has 0 bridgehead atoms. The number of benzene rings is 3. The number of likely N-dealkylation sites (N-methyl/N-ethyl adjacent to an activating group) is 1. The average Bonchev–Trinajstić information content (AvgIpc) is 2.59. The highest BCUT2D eigenvalue weighted by molar-refractivity contribution is 5.88. The molecule has 0 fully saturated rings. The van der Waals surface area contributed by atoms with Gasteiger partial charge in [0.05, 0.1) is 7.11 Å². The van der Waals surface area contributed by atoms with Gasteiger partial charge >= 0.3 is 0 Å². The monoisotopic (exact) mass is 291 g/mol. The summed E-state index contributed by atoms with van der Waals surface area (Å²) >= 11 is 0. The minimum absolute atomic E-state index is 0.212. The van der Waals surface area contributed by atoms with Crippen molar-refractivity contribution in [2.24, 2.45) is 0 Å². The molecule has 3 aromatic carbocycles. The molecule has 1 N–H and O–H groups in total. The molecule has 22 heavy (non-hydrogen) atoms. The van der Waals surface area contributed by atoms with Gasteiger partial charge in [-0.2, -0.15) is 0 Å². The van der Waals surface area contributed by atoms with Crippen LogP contribution in [0.4, 0.5) is 0 Å². The topological polar surface area (TPSA) is 21.3 Å². The van der Waals surface area contributed by atoms with Crippen molar-refractivity contribution in [3.8, 4) is 5.75 Å². The molecule has 0 unspecified atom stereocenters. The van der Waals surface area contributed by atoms with E-state index in [4.69, 9.17) is 4.74 Å². The van der Waals surface area contributed by atoms with Gasteiger partial charge in [0.1, 0.15) is 5.75 Å². The Balaban J connectivity index is 2.09. The summed E-state index contributed by atoms with van der Waals surface area (Å²) in [6.07, 6.45) is 0.932. The third kappa shape index (κ3) is 2.83. The molecule has 0 saturated carbocycles. The van der Waals surface area contributed by atoms with Crippen LogP contribution in [0.1, 0.15) is 17.2 Å². The van der Waals surface area contributed by atoms with E-state index in [9.17, 15) is 0 Å². The van der Waals surface area contributed by atoms with Crippen LogP contribution in [0.5, 0.6) is 5.75 Å². The van der Waals surface area contributed by atoms with E-state index in [0.29, 0.717) is 0 Å². The molecule has 2 heteroatoms. The Hall–Kier alpha value is -2.32. The number of ether oxygens (including phenoxy) is 1. The van der Waals surface area contributed by atoms with Crippen LogP contribution in [0, 0.1) is 0 Å². The van der Waals surface area contributed by atoms with Gasteiger partial charge in [-0.1, -0.05) is 60.7 Å². The fourth-order valence-electron chi connectivity index (χ4n) is 3.01. The van der Waals surface area contributed by atoms with Crippen LogP contribution < -0.4 is 10.1 Å². The molecule has 0 aliphatic carbocycles. The lowest BCUT2D eigenvalue weighted by Crippen LogP contribution is -2.20. The standard InChI is InChI=1S/C20H21NO/c1-21-18(14-15-8-4-3-5-9-15)20-17-11-7-6-10-16(17)12-13-19(20)22-2/h3-13,18,21H,14H2,1-2H3/t18-/m0/s1. The first kappa shape index (κ1) is 14.6. The summed E-state index contributed by atoms with van der Waals surface area (Å²) < 4.78 is 5.63. The van der Waals surface area contributed by atoms with E-state index in [1.165, 1.54) is 21.9 Å². The molecule has 0 heterocycles. The van der Waals surface area contributed by atoms with E-state index in [1.807, 2.05) is 7.05 Å². The maximum absolute atomic E-state index is 5.63. The van der Waals surface area contributed by atoms with Crippen LogP contribution in [0.2, 0.25) is 0 Å². The minimum atomic E-state index is 0.212. The van der Waals surface area contributed by atoms with Crippen LogP contribution >= 0.6 is 0 Å². The smallest absolute Gasteiger partial charge is 0.124 e. The summed E-state index contributed by atoms with van der Waals surface area (Å²) in [6, 6.07) is 23.4. The Morgan fingerprint density at radius 3 is 2.36 bits per heavy atom. The fraction of sp³-hybridized carbons (Fsp3) is 0.200. The lowest BCUT2D eigenvalue weighted by Gasteiger charge is -2.21. The predicted molar refractivity (Wildman–Crippen MR) is 92.4 cm³/mol. The Bertz CT molecular complexity index is 752. The number of hydrogen-bond donors (Lipinski definition) is 1. The number of hydrogen-bond acceptors (Lipinski definition) is 2. The molecule has 0 amide bonds. The second-order valence-electron chi connectivity index (χ2n) is 5.43. The Labute approximate surface area is 131 Å². The van der Waals surface area contributed by atoms with Gasteiger partial charge in [0.25, 0.3) is 0 Å². The molecule has 0 radical (unpaired) electrons. The van der Waals surface area contributed by atoms with Crippen LogP contribution in [-0.2, 0) is 6.42 Å². The SMILES string of the molecule is CN[C@@H](Cc1ccccc1)c1c(OC)ccc2ccccc12. The zero-order chi connectivity index (χ0) is 15.4. The summed E-state index contributed by atoms with van der Waals surface area (Å²) in [5, 5.41) is 5.94.